The van der Waals surface area contributed by atoms with Crippen LogP contribution < -0.4 is 0 Å². The Morgan fingerprint density at radius 2 is 2.25 bits per heavy atom. The molecule has 0 spiro atoms. The van der Waals surface area contributed by atoms with Gasteiger partial charge in [-0.2, -0.15) is 0 Å². The molecule has 16 heavy (non-hydrogen) atoms. The second-order valence-corrected chi connectivity index (χ2v) is 5.63. The second-order valence-electron chi connectivity index (χ2n) is 4.45. The lowest BCUT2D eigenvalue weighted by Crippen LogP contribution is -2.17. The Bertz CT molecular complexity index is 356. The van der Waals surface area contributed by atoms with Crippen molar-refractivity contribution >= 4 is 15.9 Å². The number of benzene rings is 1. The fourth-order valence-corrected chi connectivity index (χ4v) is 2.86. The molecule has 1 saturated heterocycles. The summed E-state index contributed by atoms with van der Waals surface area (Å²) >= 11 is 3.66. The van der Waals surface area contributed by atoms with Crippen molar-refractivity contribution in [2.45, 2.75) is 30.7 Å². The molecule has 0 N–H and O–H groups in total. The van der Waals surface area contributed by atoms with Gasteiger partial charge in [-0.25, -0.2) is 4.39 Å². The van der Waals surface area contributed by atoms with E-state index in [1.54, 1.807) is 6.07 Å². The lowest BCUT2D eigenvalue weighted by atomic mass is 9.97. The Kier molecular flexibility index (Phi) is 3.98. The zero-order valence-electron chi connectivity index (χ0n) is 9.33. The van der Waals surface area contributed by atoms with E-state index in [1.807, 2.05) is 12.1 Å². The highest BCUT2D eigenvalue weighted by Crippen LogP contribution is 2.29. The van der Waals surface area contributed by atoms with Crippen molar-refractivity contribution in [2.75, 3.05) is 6.61 Å². The minimum Gasteiger partial charge on any atom is -0.378 e. The van der Waals surface area contributed by atoms with Gasteiger partial charge in [0, 0.05) is 4.83 Å². The quantitative estimate of drug-likeness (QED) is 0.772. The Morgan fingerprint density at radius 1 is 1.50 bits per heavy atom. The van der Waals surface area contributed by atoms with Gasteiger partial charge in [0.25, 0.3) is 0 Å². The van der Waals surface area contributed by atoms with Crippen LogP contribution in [0.1, 0.15) is 18.9 Å². The molecule has 3 atom stereocenters. The first-order chi connectivity index (χ1) is 7.66. The van der Waals surface area contributed by atoms with Crippen LogP contribution in [-0.2, 0) is 11.2 Å². The lowest BCUT2D eigenvalue weighted by molar-refractivity contribution is 0.120. The average Bonchev–Trinajstić information content (AvgIpc) is 2.68. The molecule has 88 valence electrons. The summed E-state index contributed by atoms with van der Waals surface area (Å²) < 4.78 is 19.0. The third-order valence-corrected chi connectivity index (χ3v) is 4.19. The first-order valence-corrected chi connectivity index (χ1v) is 6.57. The minimum atomic E-state index is -0.112. The van der Waals surface area contributed by atoms with Crippen LogP contribution in [-0.4, -0.2) is 17.5 Å². The SMILES string of the molecule is CC1CC(C(Br)Cc2ccccc2F)CO1. The molecule has 1 aromatic carbocycles. The van der Waals surface area contributed by atoms with Gasteiger partial charge in [-0.1, -0.05) is 34.1 Å². The smallest absolute Gasteiger partial charge is 0.126 e. The molecular formula is C13H16BrFO. The molecule has 0 bridgehead atoms. The van der Waals surface area contributed by atoms with Crippen LogP contribution in [0.25, 0.3) is 0 Å². The van der Waals surface area contributed by atoms with Crippen molar-refractivity contribution in [2.24, 2.45) is 5.92 Å². The number of ether oxygens (including phenoxy) is 1. The summed E-state index contributed by atoms with van der Waals surface area (Å²) in [6, 6.07) is 6.97. The molecular weight excluding hydrogens is 271 g/mol. The average molecular weight is 287 g/mol. The Morgan fingerprint density at radius 3 is 2.88 bits per heavy atom. The first-order valence-electron chi connectivity index (χ1n) is 5.66. The van der Waals surface area contributed by atoms with Crippen molar-refractivity contribution in [3.05, 3.63) is 35.6 Å². The van der Waals surface area contributed by atoms with E-state index in [0.717, 1.165) is 25.0 Å². The minimum absolute atomic E-state index is 0.112. The fraction of sp³-hybridized carbons (Fsp3) is 0.538. The summed E-state index contributed by atoms with van der Waals surface area (Å²) in [6.07, 6.45) is 2.13. The van der Waals surface area contributed by atoms with E-state index in [0.29, 0.717) is 16.8 Å². The highest BCUT2D eigenvalue weighted by atomic mass is 79.9. The standard InChI is InChI=1S/C13H16BrFO/c1-9-6-11(8-16-9)12(14)7-10-4-2-3-5-13(10)15/h2-5,9,11-12H,6-8H2,1H3. The predicted octanol–water partition coefficient (Wildman–Crippen LogP) is 3.56. The largest absolute Gasteiger partial charge is 0.378 e. The molecule has 1 nitrogen and oxygen atoms in total. The van der Waals surface area contributed by atoms with Crippen LogP contribution in [0.3, 0.4) is 0 Å². The lowest BCUT2D eigenvalue weighted by Gasteiger charge is -2.16. The third kappa shape index (κ3) is 2.83. The molecule has 0 aliphatic carbocycles. The van der Waals surface area contributed by atoms with E-state index in [1.165, 1.54) is 6.07 Å². The fourth-order valence-electron chi connectivity index (χ4n) is 2.14. The van der Waals surface area contributed by atoms with Gasteiger partial charge in [0.15, 0.2) is 0 Å². The first kappa shape index (κ1) is 12.1. The highest BCUT2D eigenvalue weighted by molar-refractivity contribution is 9.09. The molecule has 1 aliphatic rings. The van der Waals surface area contributed by atoms with Crippen molar-refractivity contribution in [1.82, 2.24) is 0 Å². The van der Waals surface area contributed by atoms with Crippen molar-refractivity contribution in [1.29, 1.82) is 0 Å². The summed E-state index contributed by atoms with van der Waals surface area (Å²) in [4.78, 5) is 0.300. The molecule has 1 aliphatic heterocycles. The second kappa shape index (κ2) is 5.28. The number of halogens is 2. The van der Waals surface area contributed by atoms with Crippen LogP contribution in [0.5, 0.6) is 0 Å². The Labute approximate surface area is 104 Å². The maximum Gasteiger partial charge on any atom is 0.126 e. The van der Waals surface area contributed by atoms with Gasteiger partial charge in [0.2, 0.25) is 0 Å². The van der Waals surface area contributed by atoms with Crippen LogP contribution >= 0.6 is 15.9 Å². The van der Waals surface area contributed by atoms with Crippen molar-refractivity contribution in [3.63, 3.8) is 0 Å². The molecule has 1 heterocycles. The Hall–Kier alpha value is -0.410. The monoisotopic (exact) mass is 286 g/mol. The third-order valence-electron chi connectivity index (χ3n) is 3.11. The summed E-state index contributed by atoms with van der Waals surface area (Å²) in [5.74, 6) is 0.383. The molecule has 0 saturated carbocycles. The van der Waals surface area contributed by atoms with Crippen molar-refractivity contribution in [3.8, 4) is 0 Å². The summed E-state index contributed by atoms with van der Waals surface area (Å²) in [6.45, 7) is 2.87. The van der Waals surface area contributed by atoms with E-state index >= 15 is 0 Å². The van der Waals surface area contributed by atoms with Gasteiger partial charge >= 0.3 is 0 Å². The summed E-state index contributed by atoms with van der Waals surface area (Å²) in [7, 11) is 0. The van der Waals surface area contributed by atoms with Gasteiger partial charge in [-0.15, -0.1) is 0 Å². The highest BCUT2D eigenvalue weighted by Gasteiger charge is 2.28. The number of hydrogen-bond acceptors (Lipinski definition) is 1. The maximum atomic E-state index is 13.5. The predicted molar refractivity (Wildman–Crippen MR) is 66.3 cm³/mol. The van der Waals surface area contributed by atoms with Gasteiger partial charge < -0.3 is 4.74 Å². The number of hydrogen-bond donors (Lipinski definition) is 0. The van der Waals surface area contributed by atoms with Crippen LogP contribution in [0.2, 0.25) is 0 Å². The van der Waals surface area contributed by atoms with Crippen LogP contribution in [0.15, 0.2) is 24.3 Å². The normalized spacial score (nSPS) is 26.9. The molecule has 2 rings (SSSR count). The molecule has 0 aromatic heterocycles. The van der Waals surface area contributed by atoms with Crippen molar-refractivity contribution < 1.29 is 9.13 Å². The van der Waals surface area contributed by atoms with Crippen LogP contribution in [0.4, 0.5) is 4.39 Å². The van der Waals surface area contributed by atoms with E-state index < -0.39 is 0 Å². The molecule has 3 heteroatoms. The summed E-state index contributed by atoms with van der Waals surface area (Å²) in [5, 5.41) is 0. The van der Waals surface area contributed by atoms with Gasteiger partial charge in [-0.05, 0) is 37.3 Å². The van der Waals surface area contributed by atoms with Gasteiger partial charge in [0.1, 0.15) is 5.82 Å². The molecule has 0 radical (unpaired) electrons. The number of rotatable bonds is 3. The van der Waals surface area contributed by atoms with Gasteiger partial charge in [0.05, 0.1) is 12.7 Å². The molecule has 1 fully saturated rings. The van der Waals surface area contributed by atoms with Crippen LogP contribution in [0, 0.1) is 11.7 Å². The molecule has 3 unspecified atom stereocenters. The molecule has 1 aromatic rings. The van der Waals surface area contributed by atoms with E-state index in [4.69, 9.17) is 4.74 Å². The van der Waals surface area contributed by atoms with E-state index in [-0.39, 0.29) is 5.82 Å². The maximum absolute atomic E-state index is 13.5. The zero-order valence-corrected chi connectivity index (χ0v) is 10.9. The van der Waals surface area contributed by atoms with E-state index in [2.05, 4.69) is 22.9 Å². The summed E-state index contributed by atoms with van der Waals surface area (Å²) in [5.41, 5.74) is 0.781. The Balaban J connectivity index is 1.97. The topological polar surface area (TPSA) is 9.23 Å². The van der Waals surface area contributed by atoms with E-state index in [9.17, 15) is 4.39 Å². The molecule has 0 amide bonds. The van der Waals surface area contributed by atoms with Gasteiger partial charge in [-0.3, -0.25) is 0 Å². The number of alkyl halides is 1. The zero-order chi connectivity index (χ0) is 11.5.